The van der Waals surface area contributed by atoms with Gasteiger partial charge in [-0.3, -0.25) is 14.9 Å². The van der Waals surface area contributed by atoms with Crippen LogP contribution in [0, 0.1) is 10.1 Å². The summed E-state index contributed by atoms with van der Waals surface area (Å²) in [7, 11) is 2.80. The van der Waals surface area contributed by atoms with E-state index in [0.717, 1.165) is 0 Å². The molecule has 9 nitrogen and oxygen atoms in total. The van der Waals surface area contributed by atoms with Gasteiger partial charge in [0, 0.05) is 11.6 Å². The molecule has 0 unspecified atom stereocenters. The average molecular weight is 324 g/mol. The van der Waals surface area contributed by atoms with Gasteiger partial charge in [-0.2, -0.15) is 5.10 Å². The van der Waals surface area contributed by atoms with Gasteiger partial charge in [0.2, 0.25) is 5.91 Å². The highest BCUT2D eigenvalue weighted by Gasteiger charge is 2.18. The molecular weight excluding hydrogens is 312 g/mol. The summed E-state index contributed by atoms with van der Waals surface area (Å²) < 4.78 is 10.3. The third-order valence-corrected chi connectivity index (χ3v) is 3.50. The quantitative estimate of drug-likeness (QED) is 0.494. The van der Waals surface area contributed by atoms with Crippen molar-refractivity contribution in [2.75, 3.05) is 20.0 Å². The summed E-state index contributed by atoms with van der Waals surface area (Å²) in [5.41, 5.74) is 0.183. The minimum atomic E-state index is -0.543. The Bertz CT molecular complexity index is 674. The van der Waals surface area contributed by atoms with Crippen LogP contribution in [-0.2, 0) is 4.79 Å². The molecule has 0 spiro atoms. The van der Waals surface area contributed by atoms with Crippen molar-refractivity contribution < 1.29 is 19.2 Å². The number of non-ortho nitro benzene ring substituents is 1. The molecule has 1 heterocycles. The van der Waals surface area contributed by atoms with E-state index in [9.17, 15) is 14.9 Å². The number of ether oxygens (including phenoxy) is 2. The second kappa shape index (κ2) is 6.89. The Kier molecular flexibility index (Phi) is 4.94. The van der Waals surface area contributed by atoms with E-state index in [0.29, 0.717) is 22.2 Å². The van der Waals surface area contributed by atoms with Crippen LogP contribution in [0.4, 0.5) is 5.69 Å². The molecule has 1 fully saturated rings. The molecule has 1 N–H and O–H groups in total. The maximum absolute atomic E-state index is 11.0. The zero-order valence-corrected chi connectivity index (χ0v) is 12.5. The van der Waals surface area contributed by atoms with Crippen LogP contribution in [0.2, 0.25) is 0 Å². The van der Waals surface area contributed by atoms with E-state index >= 15 is 0 Å². The predicted octanol–water partition coefficient (Wildman–Crippen LogP) is 1.16. The Morgan fingerprint density at radius 2 is 2.18 bits per heavy atom. The highest BCUT2D eigenvalue weighted by Crippen LogP contribution is 2.34. The van der Waals surface area contributed by atoms with E-state index in [2.05, 4.69) is 15.5 Å². The van der Waals surface area contributed by atoms with E-state index in [1.807, 2.05) is 0 Å². The molecule has 0 radical (unpaired) electrons. The van der Waals surface area contributed by atoms with E-state index in [1.54, 1.807) is 0 Å². The average Bonchev–Trinajstić information content (AvgIpc) is 2.91. The monoisotopic (exact) mass is 324 g/mol. The van der Waals surface area contributed by atoms with Gasteiger partial charge >= 0.3 is 0 Å². The van der Waals surface area contributed by atoms with Gasteiger partial charge in [0.15, 0.2) is 16.7 Å². The molecular formula is C12H12N4O5S. The number of amides is 1. The first kappa shape index (κ1) is 15.8. The third kappa shape index (κ3) is 3.52. The SMILES string of the molecule is COc1cc([N+](=O)[O-])cc(C=NN=C2NC(=O)CS2)c1OC. The van der Waals surface area contributed by atoms with Crippen LogP contribution in [0.3, 0.4) is 0 Å². The van der Waals surface area contributed by atoms with Crippen molar-refractivity contribution in [2.24, 2.45) is 10.2 Å². The van der Waals surface area contributed by atoms with Crippen molar-refractivity contribution in [1.29, 1.82) is 0 Å². The molecule has 0 bridgehead atoms. The van der Waals surface area contributed by atoms with Crippen molar-refractivity contribution >= 4 is 34.7 Å². The Labute approximate surface area is 129 Å². The van der Waals surface area contributed by atoms with Crippen molar-refractivity contribution in [1.82, 2.24) is 5.32 Å². The summed E-state index contributed by atoms with van der Waals surface area (Å²) in [6, 6.07) is 2.56. The highest BCUT2D eigenvalue weighted by molar-refractivity contribution is 8.15. The van der Waals surface area contributed by atoms with Gasteiger partial charge in [-0.05, 0) is 0 Å². The summed E-state index contributed by atoms with van der Waals surface area (Å²) in [4.78, 5) is 21.4. The Hall–Kier alpha value is -2.62. The number of rotatable bonds is 5. The largest absolute Gasteiger partial charge is 0.493 e. The minimum Gasteiger partial charge on any atom is -0.493 e. The van der Waals surface area contributed by atoms with Crippen LogP contribution in [0.1, 0.15) is 5.56 Å². The molecule has 116 valence electrons. The predicted molar refractivity (Wildman–Crippen MR) is 81.8 cm³/mol. The molecule has 1 aromatic rings. The standard InChI is InChI=1S/C12H12N4O5S/c1-20-9-4-8(16(18)19)3-7(11(9)21-2)5-13-15-12-14-10(17)6-22-12/h3-5H,6H2,1-2H3,(H,14,15,17). The maximum atomic E-state index is 11.0. The number of carbonyl (C=O) groups is 1. The van der Waals surface area contributed by atoms with Crippen LogP contribution in [0.25, 0.3) is 0 Å². The fraction of sp³-hybridized carbons (Fsp3) is 0.250. The molecule has 1 saturated heterocycles. The van der Waals surface area contributed by atoms with Crippen LogP contribution >= 0.6 is 11.8 Å². The summed E-state index contributed by atoms with van der Waals surface area (Å²) in [5.74, 6) is 0.672. The van der Waals surface area contributed by atoms with E-state index < -0.39 is 4.92 Å². The van der Waals surface area contributed by atoms with Crippen molar-refractivity contribution in [3.05, 3.63) is 27.8 Å². The number of hydrogen-bond donors (Lipinski definition) is 1. The normalized spacial score (nSPS) is 16.1. The lowest BCUT2D eigenvalue weighted by Crippen LogP contribution is -2.19. The Morgan fingerprint density at radius 3 is 2.73 bits per heavy atom. The van der Waals surface area contributed by atoms with Crippen LogP contribution < -0.4 is 14.8 Å². The van der Waals surface area contributed by atoms with E-state index in [-0.39, 0.29) is 17.3 Å². The second-order valence-corrected chi connectivity index (χ2v) is 4.98. The molecule has 22 heavy (non-hydrogen) atoms. The topological polar surface area (TPSA) is 115 Å². The van der Waals surface area contributed by atoms with Crippen molar-refractivity contribution in [3.63, 3.8) is 0 Å². The van der Waals surface area contributed by atoms with Gasteiger partial charge in [-0.15, -0.1) is 5.10 Å². The Morgan fingerprint density at radius 1 is 1.41 bits per heavy atom. The summed E-state index contributed by atoms with van der Waals surface area (Å²) in [5, 5.41) is 21.5. The Balaban J connectivity index is 2.34. The third-order valence-electron chi connectivity index (χ3n) is 2.63. The van der Waals surface area contributed by atoms with Crippen LogP contribution in [-0.4, -0.2) is 42.2 Å². The number of nitrogens with one attached hydrogen (secondary N) is 1. The number of amidine groups is 1. The summed E-state index contributed by atoms with van der Waals surface area (Å²) >= 11 is 1.22. The molecule has 1 aromatic carbocycles. The van der Waals surface area contributed by atoms with Gasteiger partial charge in [0.1, 0.15) is 0 Å². The van der Waals surface area contributed by atoms with Gasteiger partial charge in [-0.25, -0.2) is 0 Å². The minimum absolute atomic E-state index is 0.145. The number of carbonyl (C=O) groups excluding carboxylic acids is 1. The number of thioether (sulfide) groups is 1. The summed E-state index contributed by atoms with van der Waals surface area (Å²) in [6.07, 6.45) is 1.30. The van der Waals surface area contributed by atoms with E-state index in [4.69, 9.17) is 9.47 Å². The number of nitro groups is 1. The van der Waals surface area contributed by atoms with Gasteiger partial charge in [-0.1, -0.05) is 11.8 Å². The first-order chi connectivity index (χ1) is 10.5. The van der Waals surface area contributed by atoms with Crippen LogP contribution in [0.15, 0.2) is 22.3 Å². The number of nitrogens with zero attached hydrogens (tertiary/aromatic N) is 3. The molecule has 1 aliphatic rings. The van der Waals surface area contributed by atoms with Gasteiger partial charge in [0.25, 0.3) is 5.69 Å². The molecule has 10 heteroatoms. The molecule has 0 aromatic heterocycles. The molecule has 1 aliphatic heterocycles. The second-order valence-electron chi connectivity index (χ2n) is 4.01. The lowest BCUT2D eigenvalue weighted by Gasteiger charge is -2.09. The van der Waals surface area contributed by atoms with Gasteiger partial charge < -0.3 is 14.8 Å². The molecule has 1 amide bonds. The zero-order chi connectivity index (χ0) is 16.1. The summed E-state index contributed by atoms with van der Waals surface area (Å²) in [6.45, 7) is 0. The smallest absolute Gasteiger partial charge is 0.274 e. The van der Waals surface area contributed by atoms with Crippen molar-refractivity contribution in [2.45, 2.75) is 0 Å². The first-order valence-electron chi connectivity index (χ1n) is 5.99. The van der Waals surface area contributed by atoms with Crippen molar-refractivity contribution in [3.8, 4) is 11.5 Å². The molecule has 0 saturated carbocycles. The molecule has 0 aliphatic carbocycles. The number of methoxy groups -OCH3 is 2. The number of benzene rings is 1. The van der Waals surface area contributed by atoms with E-state index in [1.165, 1.54) is 44.3 Å². The number of hydrogen-bond acceptors (Lipinski definition) is 8. The number of nitro benzene ring substituents is 1. The lowest BCUT2D eigenvalue weighted by atomic mass is 10.1. The fourth-order valence-electron chi connectivity index (χ4n) is 1.70. The molecule has 0 atom stereocenters. The van der Waals surface area contributed by atoms with Crippen LogP contribution in [0.5, 0.6) is 11.5 Å². The zero-order valence-electron chi connectivity index (χ0n) is 11.7. The lowest BCUT2D eigenvalue weighted by molar-refractivity contribution is -0.385. The first-order valence-corrected chi connectivity index (χ1v) is 6.97. The van der Waals surface area contributed by atoms with Gasteiger partial charge in [0.05, 0.1) is 37.2 Å². The molecule has 2 rings (SSSR count). The highest BCUT2D eigenvalue weighted by atomic mass is 32.2. The fourth-order valence-corrected chi connectivity index (χ4v) is 2.33. The maximum Gasteiger partial charge on any atom is 0.274 e.